The van der Waals surface area contributed by atoms with E-state index in [1.54, 1.807) is 24.3 Å². The van der Waals surface area contributed by atoms with Gasteiger partial charge in [-0.2, -0.15) is 0 Å². The average Bonchev–Trinajstić information content (AvgIpc) is 2.66. The number of amides is 1. The molecule has 156 valence electrons. The highest BCUT2D eigenvalue weighted by molar-refractivity contribution is 6.07. The molecule has 1 unspecified atom stereocenters. The smallest absolute Gasteiger partial charge is 0.232 e. The number of phenols is 1. The normalized spacial score (nSPS) is 20.9. The zero-order valence-corrected chi connectivity index (χ0v) is 17.2. The van der Waals surface area contributed by atoms with Crippen LogP contribution in [-0.4, -0.2) is 23.9 Å². The molecule has 30 heavy (non-hydrogen) atoms. The predicted molar refractivity (Wildman–Crippen MR) is 111 cm³/mol. The van der Waals surface area contributed by atoms with Crippen LogP contribution in [0, 0.1) is 11.2 Å². The van der Waals surface area contributed by atoms with Crippen molar-refractivity contribution in [2.24, 2.45) is 5.41 Å². The van der Waals surface area contributed by atoms with Gasteiger partial charge in [0.2, 0.25) is 5.91 Å². The second-order valence-corrected chi connectivity index (χ2v) is 8.70. The van der Waals surface area contributed by atoms with Crippen LogP contribution in [0.4, 0.5) is 10.1 Å². The van der Waals surface area contributed by atoms with Gasteiger partial charge in [0.15, 0.2) is 17.3 Å². The van der Waals surface area contributed by atoms with Crippen molar-refractivity contribution in [1.82, 2.24) is 0 Å². The molecule has 0 saturated heterocycles. The average molecular weight is 409 g/mol. The van der Waals surface area contributed by atoms with Gasteiger partial charge < -0.3 is 9.84 Å². The van der Waals surface area contributed by atoms with E-state index in [1.165, 1.54) is 30.2 Å². The number of Topliss-reactive ketones (excluding diaryl/α,β-unsaturated/α-hetero) is 1. The summed E-state index contributed by atoms with van der Waals surface area (Å²) in [6.45, 7) is 3.99. The van der Waals surface area contributed by atoms with Gasteiger partial charge >= 0.3 is 0 Å². The highest BCUT2D eigenvalue weighted by atomic mass is 19.1. The molecule has 4 rings (SSSR count). The molecule has 0 aromatic heterocycles. The predicted octanol–water partition coefficient (Wildman–Crippen LogP) is 4.70. The van der Waals surface area contributed by atoms with Crippen molar-refractivity contribution in [2.75, 3.05) is 12.0 Å². The van der Waals surface area contributed by atoms with Crippen molar-refractivity contribution in [3.8, 4) is 11.5 Å². The Morgan fingerprint density at radius 1 is 1.13 bits per heavy atom. The molecule has 1 aliphatic heterocycles. The van der Waals surface area contributed by atoms with E-state index >= 15 is 0 Å². The summed E-state index contributed by atoms with van der Waals surface area (Å²) in [7, 11) is 1.45. The van der Waals surface area contributed by atoms with Crippen molar-refractivity contribution in [2.45, 2.75) is 39.0 Å². The molecule has 1 amide bonds. The summed E-state index contributed by atoms with van der Waals surface area (Å²) < 4.78 is 19.1. The minimum Gasteiger partial charge on any atom is -0.504 e. The monoisotopic (exact) mass is 409 g/mol. The van der Waals surface area contributed by atoms with Crippen LogP contribution in [0.3, 0.4) is 0 Å². The maximum Gasteiger partial charge on any atom is 0.232 e. The maximum absolute atomic E-state index is 13.9. The Hall–Kier alpha value is -3.15. The molecule has 2 aromatic rings. The summed E-state index contributed by atoms with van der Waals surface area (Å²) in [5.41, 5.74) is 2.08. The summed E-state index contributed by atoms with van der Waals surface area (Å²) in [5, 5.41) is 9.94. The second-order valence-electron chi connectivity index (χ2n) is 8.70. The number of hydrogen-bond donors (Lipinski definition) is 1. The van der Waals surface area contributed by atoms with Gasteiger partial charge in [-0.1, -0.05) is 26.0 Å². The van der Waals surface area contributed by atoms with Crippen molar-refractivity contribution in [3.05, 3.63) is 65.1 Å². The van der Waals surface area contributed by atoms with Crippen LogP contribution in [0.2, 0.25) is 0 Å². The number of methoxy groups -OCH3 is 1. The number of benzene rings is 2. The Morgan fingerprint density at radius 3 is 2.60 bits per heavy atom. The number of anilines is 1. The van der Waals surface area contributed by atoms with Gasteiger partial charge in [-0.25, -0.2) is 4.39 Å². The maximum atomic E-state index is 13.9. The number of allylic oxidation sites excluding steroid dienone is 2. The molecule has 5 nitrogen and oxygen atoms in total. The Morgan fingerprint density at radius 2 is 1.90 bits per heavy atom. The highest BCUT2D eigenvalue weighted by Gasteiger charge is 2.44. The van der Waals surface area contributed by atoms with E-state index in [1.807, 2.05) is 13.8 Å². The van der Waals surface area contributed by atoms with E-state index in [0.717, 1.165) is 5.56 Å². The van der Waals surface area contributed by atoms with E-state index in [0.29, 0.717) is 35.5 Å². The quantitative estimate of drug-likeness (QED) is 0.798. The fourth-order valence-corrected chi connectivity index (χ4v) is 4.53. The number of rotatable bonds is 3. The lowest BCUT2D eigenvalue weighted by Gasteiger charge is -2.43. The highest BCUT2D eigenvalue weighted by Crippen LogP contribution is 2.48. The number of aromatic hydroxyl groups is 1. The standard InChI is InChI=1S/C24H24FNO4/c1-24(2)12-18-23(20(28)13-24)17(14-7-8-19(27)21(9-14)30-3)11-22(29)26(18)16-6-4-5-15(25)10-16/h4-10,17,27H,11-13H2,1-3H3. The van der Waals surface area contributed by atoms with E-state index in [2.05, 4.69) is 0 Å². The minimum absolute atomic E-state index is 0.00456. The van der Waals surface area contributed by atoms with Crippen LogP contribution in [0.25, 0.3) is 0 Å². The van der Waals surface area contributed by atoms with Crippen molar-refractivity contribution in [1.29, 1.82) is 0 Å². The summed E-state index contributed by atoms with van der Waals surface area (Å²) in [5.74, 6) is -0.785. The fraction of sp³-hybridized carbons (Fsp3) is 0.333. The van der Waals surface area contributed by atoms with Crippen LogP contribution < -0.4 is 9.64 Å². The first-order valence-electron chi connectivity index (χ1n) is 9.92. The SMILES string of the molecule is COc1cc(C2CC(=O)N(c3cccc(F)c3)C3=C2C(=O)CC(C)(C)C3)ccc1O. The number of phenolic OH excluding ortho intramolecular Hbond substituents is 1. The van der Waals surface area contributed by atoms with Crippen LogP contribution in [0.15, 0.2) is 53.7 Å². The molecule has 1 heterocycles. The summed E-state index contributed by atoms with van der Waals surface area (Å²) in [4.78, 5) is 28.0. The molecule has 0 radical (unpaired) electrons. The second kappa shape index (κ2) is 7.27. The number of carbonyl (C=O) groups is 2. The number of hydrogen-bond acceptors (Lipinski definition) is 4. The number of ether oxygens (including phenoxy) is 1. The van der Waals surface area contributed by atoms with Gasteiger partial charge in [0.25, 0.3) is 0 Å². The third-order valence-electron chi connectivity index (χ3n) is 5.82. The number of carbonyl (C=O) groups excluding carboxylic acids is 2. The minimum atomic E-state index is -0.436. The van der Waals surface area contributed by atoms with Gasteiger partial charge in [-0.3, -0.25) is 14.5 Å². The van der Waals surface area contributed by atoms with Gasteiger partial charge in [-0.15, -0.1) is 0 Å². The lowest BCUT2D eigenvalue weighted by Crippen LogP contribution is -2.43. The molecule has 0 bridgehead atoms. The lowest BCUT2D eigenvalue weighted by atomic mass is 9.69. The van der Waals surface area contributed by atoms with Crippen molar-refractivity contribution >= 4 is 17.4 Å². The van der Waals surface area contributed by atoms with E-state index < -0.39 is 11.7 Å². The fourth-order valence-electron chi connectivity index (χ4n) is 4.53. The van der Waals surface area contributed by atoms with E-state index in [4.69, 9.17) is 4.74 Å². The third-order valence-corrected chi connectivity index (χ3v) is 5.82. The molecule has 0 fully saturated rings. The molecule has 1 atom stereocenters. The van der Waals surface area contributed by atoms with Gasteiger partial charge in [0.1, 0.15) is 5.82 Å². The van der Waals surface area contributed by atoms with Gasteiger partial charge in [0, 0.05) is 30.0 Å². The number of ketones is 1. The first-order chi connectivity index (χ1) is 14.2. The lowest BCUT2D eigenvalue weighted by molar-refractivity contribution is -0.121. The summed E-state index contributed by atoms with van der Waals surface area (Å²) in [6, 6.07) is 10.8. The summed E-state index contributed by atoms with van der Waals surface area (Å²) in [6.07, 6.45) is 0.986. The Balaban J connectivity index is 1.90. The molecule has 0 spiro atoms. The Kier molecular flexibility index (Phi) is 4.88. The molecule has 2 aromatic carbocycles. The number of halogens is 1. The Bertz CT molecular complexity index is 1070. The summed E-state index contributed by atoms with van der Waals surface area (Å²) >= 11 is 0. The zero-order chi connectivity index (χ0) is 21.6. The Labute approximate surface area is 174 Å². The van der Waals surface area contributed by atoms with Gasteiger partial charge in [0.05, 0.1) is 12.8 Å². The van der Waals surface area contributed by atoms with Crippen LogP contribution in [0.1, 0.15) is 44.6 Å². The molecule has 1 N–H and O–H groups in total. The van der Waals surface area contributed by atoms with E-state index in [-0.39, 0.29) is 29.3 Å². The van der Waals surface area contributed by atoms with Crippen LogP contribution >= 0.6 is 0 Å². The zero-order valence-electron chi connectivity index (χ0n) is 17.2. The molecule has 1 aliphatic carbocycles. The van der Waals surface area contributed by atoms with Crippen LogP contribution in [0.5, 0.6) is 11.5 Å². The molecule has 0 saturated carbocycles. The van der Waals surface area contributed by atoms with Crippen molar-refractivity contribution < 1.29 is 23.8 Å². The van der Waals surface area contributed by atoms with E-state index in [9.17, 15) is 19.1 Å². The molecular weight excluding hydrogens is 385 g/mol. The number of nitrogens with zero attached hydrogens (tertiary/aromatic N) is 1. The molecule has 6 heteroatoms. The molecule has 2 aliphatic rings. The largest absolute Gasteiger partial charge is 0.504 e. The first-order valence-corrected chi connectivity index (χ1v) is 9.92. The topological polar surface area (TPSA) is 66.8 Å². The van der Waals surface area contributed by atoms with Crippen LogP contribution in [-0.2, 0) is 9.59 Å². The van der Waals surface area contributed by atoms with Gasteiger partial charge in [-0.05, 0) is 47.7 Å². The first kappa shape index (κ1) is 20.1. The third kappa shape index (κ3) is 3.47. The molecular formula is C24H24FNO4. The van der Waals surface area contributed by atoms with Crippen molar-refractivity contribution in [3.63, 3.8) is 0 Å².